The van der Waals surface area contributed by atoms with Crippen molar-refractivity contribution in [3.05, 3.63) is 119 Å². The van der Waals surface area contributed by atoms with E-state index in [2.05, 4.69) is 27.2 Å². The van der Waals surface area contributed by atoms with Gasteiger partial charge in [0.25, 0.3) is 0 Å². The summed E-state index contributed by atoms with van der Waals surface area (Å²) in [6.07, 6.45) is 4.01. The van der Waals surface area contributed by atoms with Gasteiger partial charge in [-0.1, -0.05) is 90.5 Å². The number of nitrogens with zero attached hydrogens (tertiary/aromatic N) is 2. The Morgan fingerprint density at radius 2 is 1.55 bits per heavy atom. The Morgan fingerprint density at radius 1 is 0.848 bits per heavy atom. The fourth-order valence-electron chi connectivity index (χ4n) is 4.15. The Kier molecular flexibility index (Phi) is 5.92. The van der Waals surface area contributed by atoms with Crippen LogP contribution in [0.15, 0.2) is 102 Å². The number of hydrazone groups is 1. The number of aromatic nitrogens is 1. The lowest BCUT2D eigenvalue weighted by Crippen LogP contribution is -2.19. The van der Waals surface area contributed by atoms with E-state index in [0.717, 1.165) is 43.4 Å². The molecule has 162 valence electrons. The lowest BCUT2D eigenvalue weighted by atomic mass is 10.0. The van der Waals surface area contributed by atoms with Gasteiger partial charge < -0.3 is 4.57 Å². The number of benzene rings is 4. The average Bonchev–Trinajstić information content (AvgIpc) is 3.18. The van der Waals surface area contributed by atoms with Crippen molar-refractivity contribution in [2.24, 2.45) is 5.10 Å². The topological polar surface area (TPSA) is 46.4 Å². The van der Waals surface area contributed by atoms with Crippen LogP contribution >= 0.6 is 11.6 Å². The minimum Gasteiger partial charge on any atom is -0.342 e. The predicted octanol–water partition coefficient (Wildman–Crippen LogP) is 6.19. The molecule has 0 aliphatic heterocycles. The maximum absolute atomic E-state index is 12.5. The quantitative estimate of drug-likeness (QED) is 0.243. The van der Waals surface area contributed by atoms with E-state index in [4.69, 9.17) is 11.6 Å². The van der Waals surface area contributed by atoms with Gasteiger partial charge in [0.1, 0.15) is 0 Å². The summed E-state index contributed by atoms with van der Waals surface area (Å²) in [5.74, 6) is -0.151. The molecule has 0 radical (unpaired) electrons. The van der Waals surface area contributed by atoms with Crippen LogP contribution in [0.1, 0.15) is 16.7 Å². The van der Waals surface area contributed by atoms with E-state index >= 15 is 0 Å². The summed E-state index contributed by atoms with van der Waals surface area (Å²) in [6, 6.07) is 30.1. The van der Waals surface area contributed by atoms with Gasteiger partial charge in [0.15, 0.2) is 0 Å². The van der Waals surface area contributed by atoms with Crippen molar-refractivity contribution in [3.63, 3.8) is 0 Å². The highest BCUT2D eigenvalue weighted by Crippen LogP contribution is 2.24. The highest BCUT2D eigenvalue weighted by Gasteiger charge is 2.09. The van der Waals surface area contributed by atoms with Gasteiger partial charge in [-0.25, -0.2) is 5.43 Å². The van der Waals surface area contributed by atoms with Crippen LogP contribution in [0, 0.1) is 0 Å². The van der Waals surface area contributed by atoms with Gasteiger partial charge in [-0.15, -0.1) is 0 Å². The number of carbonyl (C=O) groups is 1. The molecule has 1 N–H and O–H groups in total. The Morgan fingerprint density at radius 3 is 2.42 bits per heavy atom. The summed E-state index contributed by atoms with van der Waals surface area (Å²) in [6.45, 7) is 0.654. The first kappa shape index (κ1) is 21.0. The van der Waals surface area contributed by atoms with Crippen molar-refractivity contribution in [2.45, 2.75) is 13.0 Å². The molecule has 0 spiro atoms. The second kappa shape index (κ2) is 9.31. The molecule has 4 aromatic carbocycles. The standard InChI is InChI=1S/C28H22ClN3O/c29-26-14-5-2-9-22(26)18-32-19-23(25-13-4-6-15-27(25)32)17-30-31-28(33)16-21-11-7-10-20-8-1-3-12-24(20)21/h1-15,17,19H,16,18H2,(H,31,33). The Hall–Kier alpha value is -3.89. The number of fused-ring (bicyclic) bond motifs is 2. The van der Waals surface area contributed by atoms with E-state index in [1.165, 1.54) is 0 Å². The van der Waals surface area contributed by atoms with Gasteiger partial charge in [0, 0.05) is 34.2 Å². The number of nitrogens with one attached hydrogen (secondary N) is 1. The largest absolute Gasteiger partial charge is 0.342 e. The maximum Gasteiger partial charge on any atom is 0.244 e. The van der Waals surface area contributed by atoms with Crippen molar-refractivity contribution in [1.29, 1.82) is 0 Å². The van der Waals surface area contributed by atoms with Crippen molar-refractivity contribution in [3.8, 4) is 0 Å². The third-order valence-electron chi connectivity index (χ3n) is 5.74. The maximum atomic E-state index is 12.5. The van der Waals surface area contributed by atoms with E-state index < -0.39 is 0 Å². The van der Waals surface area contributed by atoms with Crippen LogP contribution in [0.3, 0.4) is 0 Å². The molecular formula is C28H22ClN3O. The SMILES string of the molecule is O=C(Cc1cccc2ccccc12)NN=Cc1cn(Cc2ccccc2Cl)c2ccccc12. The monoisotopic (exact) mass is 451 g/mol. The van der Waals surface area contributed by atoms with Gasteiger partial charge in [0.2, 0.25) is 5.91 Å². The first-order valence-corrected chi connectivity index (χ1v) is 11.2. The molecule has 0 bridgehead atoms. The molecular weight excluding hydrogens is 430 g/mol. The molecule has 1 aromatic heterocycles. The zero-order chi connectivity index (χ0) is 22.6. The summed E-state index contributed by atoms with van der Waals surface area (Å²) >= 11 is 6.37. The van der Waals surface area contributed by atoms with E-state index in [1.54, 1.807) is 6.21 Å². The van der Waals surface area contributed by atoms with Crippen molar-refractivity contribution >= 4 is 45.4 Å². The van der Waals surface area contributed by atoms with Gasteiger partial charge in [-0.2, -0.15) is 5.10 Å². The van der Waals surface area contributed by atoms with Gasteiger partial charge in [0.05, 0.1) is 12.6 Å². The van der Waals surface area contributed by atoms with Crippen LogP contribution in [0.25, 0.3) is 21.7 Å². The van der Waals surface area contributed by atoms with Crippen LogP contribution in [-0.2, 0) is 17.8 Å². The molecule has 4 nitrogen and oxygen atoms in total. The van der Waals surface area contributed by atoms with E-state index in [1.807, 2.05) is 85.1 Å². The molecule has 1 amide bonds. The first-order valence-electron chi connectivity index (χ1n) is 10.8. The molecule has 0 aliphatic carbocycles. The second-order valence-corrected chi connectivity index (χ2v) is 8.34. The molecule has 0 unspecified atom stereocenters. The molecule has 1 heterocycles. The lowest BCUT2D eigenvalue weighted by molar-refractivity contribution is -0.120. The fraction of sp³-hybridized carbons (Fsp3) is 0.0714. The number of carbonyl (C=O) groups excluding carboxylic acids is 1. The Bertz CT molecular complexity index is 1480. The molecule has 0 saturated heterocycles. The Labute approximate surface area is 197 Å². The molecule has 5 heteroatoms. The van der Waals surface area contributed by atoms with Crippen molar-refractivity contribution in [2.75, 3.05) is 0 Å². The Balaban J connectivity index is 1.34. The van der Waals surface area contributed by atoms with Crippen molar-refractivity contribution in [1.82, 2.24) is 9.99 Å². The number of rotatable bonds is 6. The first-order chi connectivity index (χ1) is 16.2. The summed E-state index contributed by atoms with van der Waals surface area (Å²) in [4.78, 5) is 12.5. The number of hydrogen-bond donors (Lipinski definition) is 1. The molecule has 0 saturated carbocycles. The van der Waals surface area contributed by atoms with Crippen LogP contribution in [0.5, 0.6) is 0 Å². The highest BCUT2D eigenvalue weighted by atomic mass is 35.5. The lowest BCUT2D eigenvalue weighted by Gasteiger charge is -2.07. The minimum atomic E-state index is -0.151. The third-order valence-corrected chi connectivity index (χ3v) is 6.11. The zero-order valence-corrected chi connectivity index (χ0v) is 18.7. The number of hydrogen-bond acceptors (Lipinski definition) is 2. The van der Waals surface area contributed by atoms with Gasteiger partial charge >= 0.3 is 0 Å². The second-order valence-electron chi connectivity index (χ2n) is 7.93. The number of para-hydroxylation sites is 1. The molecule has 0 atom stereocenters. The van der Waals surface area contributed by atoms with Gasteiger partial charge in [-0.3, -0.25) is 4.79 Å². The number of amides is 1. The minimum absolute atomic E-state index is 0.151. The predicted molar refractivity (Wildman–Crippen MR) is 136 cm³/mol. The summed E-state index contributed by atoms with van der Waals surface area (Å²) < 4.78 is 2.15. The number of halogens is 1. The summed E-state index contributed by atoms with van der Waals surface area (Å²) in [7, 11) is 0. The van der Waals surface area contributed by atoms with Crippen LogP contribution in [0.4, 0.5) is 0 Å². The van der Waals surface area contributed by atoms with E-state index in [9.17, 15) is 4.79 Å². The molecule has 0 aliphatic rings. The van der Waals surface area contributed by atoms with Crippen molar-refractivity contribution < 1.29 is 4.79 Å². The molecule has 0 fully saturated rings. The molecule has 5 rings (SSSR count). The van der Waals surface area contributed by atoms with Crippen LogP contribution < -0.4 is 5.43 Å². The molecule has 5 aromatic rings. The van der Waals surface area contributed by atoms with Gasteiger partial charge in [-0.05, 0) is 34.0 Å². The highest BCUT2D eigenvalue weighted by molar-refractivity contribution is 6.31. The summed E-state index contributed by atoms with van der Waals surface area (Å²) in [5, 5.41) is 8.26. The van der Waals surface area contributed by atoms with E-state index in [-0.39, 0.29) is 12.3 Å². The normalized spacial score (nSPS) is 11.4. The summed E-state index contributed by atoms with van der Waals surface area (Å²) in [5.41, 5.74) is 6.73. The van der Waals surface area contributed by atoms with E-state index in [0.29, 0.717) is 6.54 Å². The average molecular weight is 452 g/mol. The fourth-order valence-corrected chi connectivity index (χ4v) is 4.35. The third kappa shape index (κ3) is 4.52. The smallest absolute Gasteiger partial charge is 0.244 e. The zero-order valence-electron chi connectivity index (χ0n) is 17.9. The van der Waals surface area contributed by atoms with Crippen LogP contribution in [-0.4, -0.2) is 16.7 Å². The van der Waals surface area contributed by atoms with Crippen LogP contribution in [0.2, 0.25) is 5.02 Å². The molecule has 33 heavy (non-hydrogen) atoms.